The molecule has 1 aromatic carbocycles. The maximum Gasteiger partial charge on any atom is 0.276 e. The van der Waals surface area contributed by atoms with Crippen LogP contribution in [0, 0.1) is 0 Å². The third-order valence-corrected chi connectivity index (χ3v) is 4.47. The Morgan fingerprint density at radius 3 is 2.79 bits per heavy atom. The molecule has 3 heterocycles. The predicted molar refractivity (Wildman–Crippen MR) is 92.9 cm³/mol. The van der Waals surface area contributed by atoms with Crippen LogP contribution in [-0.4, -0.2) is 38.5 Å². The molecule has 6 heteroatoms. The Morgan fingerprint density at radius 1 is 1.17 bits per heavy atom. The van der Waals surface area contributed by atoms with Gasteiger partial charge in [0.25, 0.3) is 5.91 Å². The monoisotopic (exact) mass is 338 g/mol. The van der Waals surface area contributed by atoms with E-state index in [0.29, 0.717) is 23.8 Å². The minimum absolute atomic E-state index is 0.160. The molecule has 1 aliphatic heterocycles. The molecule has 3 aromatic rings. The van der Waals surface area contributed by atoms with Gasteiger partial charge in [0.15, 0.2) is 11.3 Å². The summed E-state index contributed by atoms with van der Waals surface area (Å²) in [4.78, 5) is 18.8. The molecule has 0 radical (unpaired) electrons. The second-order valence-electron chi connectivity index (χ2n) is 5.66. The van der Waals surface area contributed by atoms with Gasteiger partial charge < -0.3 is 4.90 Å². The quantitative estimate of drug-likeness (QED) is 0.720. The van der Waals surface area contributed by atoms with Crippen molar-refractivity contribution in [1.82, 2.24) is 19.5 Å². The highest BCUT2D eigenvalue weighted by Gasteiger charge is 2.26. The number of halogens is 1. The van der Waals surface area contributed by atoms with E-state index in [1.54, 1.807) is 23.4 Å². The molecule has 0 bridgehead atoms. The number of amides is 1. The first-order chi connectivity index (χ1) is 11.7. The summed E-state index contributed by atoms with van der Waals surface area (Å²) in [5.74, 6) is -0.160. The maximum absolute atomic E-state index is 12.9. The SMILES string of the molecule is O=C(c1nn2cccnc2c1Cl)N1CCC=C(c2ccccc2)C1. The molecule has 2 aromatic heterocycles. The summed E-state index contributed by atoms with van der Waals surface area (Å²) < 4.78 is 1.54. The molecule has 0 unspecified atom stereocenters. The Hall–Kier alpha value is -2.66. The van der Waals surface area contributed by atoms with Gasteiger partial charge in [-0.3, -0.25) is 4.79 Å². The lowest BCUT2D eigenvalue weighted by molar-refractivity contribution is 0.0769. The summed E-state index contributed by atoms with van der Waals surface area (Å²) in [5, 5.41) is 4.60. The number of carbonyl (C=O) groups excluding carboxylic acids is 1. The van der Waals surface area contributed by atoms with Crippen molar-refractivity contribution in [2.45, 2.75) is 6.42 Å². The summed E-state index contributed by atoms with van der Waals surface area (Å²) in [6.45, 7) is 1.22. The summed E-state index contributed by atoms with van der Waals surface area (Å²) in [7, 11) is 0. The Morgan fingerprint density at radius 2 is 2.00 bits per heavy atom. The number of carbonyl (C=O) groups is 1. The second-order valence-corrected chi connectivity index (χ2v) is 6.04. The van der Waals surface area contributed by atoms with Gasteiger partial charge in [0.1, 0.15) is 5.02 Å². The van der Waals surface area contributed by atoms with Crippen LogP contribution in [0.2, 0.25) is 5.02 Å². The van der Waals surface area contributed by atoms with E-state index < -0.39 is 0 Å². The highest BCUT2D eigenvalue weighted by atomic mass is 35.5. The minimum atomic E-state index is -0.160. The first-order valence-corrected chi connectivity index (χ1v) is 8.14. The third-order valence-electron chi connectivity index (χ3n) is 4.12. The van der Waals surface area contributed by atoms with E-state index in [-0.39, 0.29) is 11.6 Å². The Kier molecular flexibility index (Phi) is 3.78. The zero-order chi connectivity index (χ0) is 16.5. The molecule has 5 nitrogen and oxygen atoms in total. The van der Waals surface area contributed by atoms with Crippen LogP contribution in [0.25, 0.3) is 11.2 Å². The Labute approximate surface area is 144 Å². The number of hydrogen-bond acceptors (Lipinski definition) is 3. The number of aromatic nitrogens is 3. The first kappa shape index (κ1) is 14.9. The number of nitrogens with zero attached hydrogens (tertiary/aromatic N) is 4. The molecule has 0 fully saturated rings. The summed E-state index contributed by atoms with van der Waals surface area (Å²) in [6, 6.07) is 11.9. The van der Waals surface area contributed by atoms with Crippen molar-refractivity contribution < 1.29 is 4.79 Å². The molecule has 1 aliphatic rings. The van der Waals surface area contributed by atoms with E-state index in [1.165, 1.54) is 4.52 Å². The molecular formula is C18H15ClN4O. The fraction of sp³-hybridized carbons (Fsp3) is 0.167. The minimum Gasteiger partial charge on any atom is -0.333 e. The average Bonchev–Trinajstić information content (AvgIpc) is 2.99. The first-order valence-electron chi connectivity index (χ1n) is 7.76. The smallest absolute Gasteiger partial charge is 0.276 e. The van der Waals surface area contributed by atoms with Crippen molar-refractivity contribution >= 4 is 28.7 Å². The van der Waals surface area contributed by atoms with Gasteiger partial charge >= 0.3 is 0 Å². The van der Waals surface area contributed by atoms with E-state index in [1.807, 2.05) is 18.2 Å². The van der Waals surface area contributed by atoms with E-state index in [9.17, 15) is 4.79 Å². The van der Waals surface area contributed by atoms with E-state index >= 15 is 0 Å². The lowest BCUT2D eigenvalue weighted by Gasteiger charge is -2.27. The van der Waals surface area contributed by atoms with Crippen LogP contribution in [0.15, 0.2) is 54.9 Å². The van der Waals surface area contributed by atoms with Crippen molar-refractivity contribution in [3.63, 3.8) is 0 Å². The molecule has 0 saturated heterocycles. The summed E-state index contributed by atoms with van der Waals surface area (Å²) >= 11 is 6.32. The van der Waals surface area contributed by atoms with Gasteiger partial charge in [0.2, 0.25) is 0 Å². The van der Waals surface area contributed by atoms with Crippen LogP contribution >= 0.6 is 11.6 Å². The number of fused-ring (bicyclic) bond motifs is 1. The van der Waals surface area contributed by atoms with Crippen LogP contribution in [0.1, 0.15) is 22.5 Å². The molecule has 4 rings (SSSR count). The highest BCUT2D eigenvalue weighted by Crippen LogP contribution is 2.25. The Balaban J connectivity index is 1.63. The molecule has 120 valence electrons. The van der Waals surface area contributed by atoms with Gasteiger partial charge in [-0.05, 0) is 23.6 Å². The number of rotatable bonds is 2. The molecule has 0 aliphatic carbocycles. The van der Waals surface area contributed by atoms with Gasteiger partial charge in [-0.15, -0.1) is 0 Å². The standard InChI is InChI=1S/C18H15ClN4O/c19-15-16(21-23-11-5-9-20-17(15)23)18(24)22-10-4-8-14(12-22)13-6-2-1-3-7-13/h1-3,5-9,11H,4,10,12H2. The van der Waals surface area contributed by atoms with Crippen molar-refractivity contribution in [2.75, 3.05) is 13.1 Å². The Bertz CT molecular complexity index is 933. The van der Waals surface area contributed by atoms with Gasteiger partial charge in [-0.25, -0.2) is 9.50 Å². The largest absolute Gasteiger partial charge is 0.333 e. The van der Waals surface area contributed by atoms with E-state index in [2.05, 4.69) is 28.3 Å². The highest BCUT2D eigenvalue weighted by molar-refractivity contribution is 6.36. The van der Waals surface area contributed by atoms with Crippen LogP contribution < -0.4 is 0 Å². The molecule has 0 saturated carbocycles. The lowest BCUT2D eigenvalue weighted by Crippen LogP contribution is -2.35. The topological polar surface area (TPSA) is 50.5 Å². The molecule has 0 spiro atoms. The van der Waals surface area contributed by atoms with Crippen LogP contribution in [0.3, 0.4) is 0 Å². The van der Waals surface area contributed by atoms with Crippen LogP contribution in [0.5, 0.6) is 0 Å². The molecule has 1 amide bonds. The summed E-state index contributed by atoms with van der Waals surface area (Å²) in [5.41, 5.74) is 3.04. The van der Waals surface area contributed by atoms with E-state index in [0.717, 1.165) is 17.6 Å². The number of benzene rings is 1. The molecule has 0 N–H and O–H groups in total. The zero-order valence-corrected chi connectivity index (χ0v) is 13.6. The summed E-state index contributed by atoms with van der Waals surface area (Å²) in [6.07, 6.45) is 6.37. The maximum atomic E-state index is 12.9. The van der Waals surface area contributed by atoms with Crippen molar-refractivity contribution in [1.29, 1.82) is 0 Å². The lowest BCUT2D eigenvalue weighted by atomic mass is 10.0. The normalized spacial score (nSPS) is 14.7. The van der Waals surface area contributed by atoms with Gasteiger partial charge in [0, 0.05) is 25.5 Å². The van der Waals surface area contributed by atoms with Gasteiger partial charge in [-0.1, -0.05) is 48.0 Å². The van der Waals surface area contributed by atoms with Crippen molar-refractivity contribution in [3.8, 4) is 0 Å². The van der Waals surface area contributed by atoms with Crippen LogP contribution in [-0.2, 0) is 0 Å². The molecule has 24 heavy (non-hydrogen) atoms. The fourth-order valence-corrected chi connectivity index (χ4v) is 3.18. The second kappa shape index (κ2) is 6.09. The van der Waals surface area contributed by atoms with Gasteiger partial charge in [0.05, 0.1) is 0 Å². The number of hydrogen-bond donors (Lipinski definition) is 0. The fourth-order valence-electron chi connectivity index (χ4n) is 2.92. The zero-order valence-electron chi connectivity index (χ0n) is 12.9. The van der Waals surface area contributed by atoms with Crippen LogP contribution in [0.4, 0.5) is 0 Å². The van der Waals surface area contributed by atoms with Gasteiger partial charge in [-0.2, -0.15) is 5.10 Å². The van der Waals surface area contributed by atoms with Crippen molar-refractivity contribution in [2.24, 2.45) is 0 Å². The molecule has 0 atom stereocenters. The molecular weight excluding hydrogens is 324 g/mol. The third kappa shape index (κ3) is 2.57. The van der Waals surface area contributed by atoms with E-state index in [4.69, 9.17) is 11.6 Å². The average molecular weight is 339 g/mol. The predicted octanol–water partition coefficient (Wildman–Crippen LogP) is 3.31. The van der Waals surface area contributed by atoms with Crippen molar-refractivity contribution in [3.05, 3.63) is 71.1 Å².